The summed E-state index contributed by atoms with van der Waals surface area (Å²) in [6.07, 6.45) is 1.90. The largest absolute Gasteiger partial charge is 0.343 e. The van der Waals surface area contributed by atoms with Crippen LogP contribution in [0.2, 0.25) is 0 Å². The predicted octanol–water partition coefficient (Wildman–Crippen LogP) is 1.97. The third-order valence-electron chi connectivity index (χ3n) is 3.24. The highest BCUT2D eigenvalue weighted by Crippen LogP contribution is 2.12. The molecule has 0 heterocycles. The maximum absolute atomic E-state index is 12.0. The van der Waals surface area contributed by atoms with E-state index in [1.807, 2.05) is 13.8 Å². The summed E-state index contributed by atoms with van der Waals surface area (Å²) in [5, 5.41) is 13.2. The first-order chi connectivity index (χ1) is 10.5. The molecule has 1 aromatic rings. The van der Waals surface area contributed by atoms with E-state index >= 15 is 0 Å². The highest BCUT2D eigenvalue weighted by Gasteiger charge is 2.15. The van der Waals surface area contributed by atoms with Crippen LogP contribution in [0.3, 0.4) is 0 Å². The highest BCUT2D eigenvalue weighted by atomic mass is 16.6. The van der Waals surface area contributed by atoms with Crippen LogP contribution in [0.15, 0.2) is 24.3 Å². The minimum atomic E-state index is -0.564. The Hall–Kier alpha value is -2.44. The number of carbonyl (C=O) groups excluding carboxylic acids is 2. The van der Waals surface area contributed by atoms with Crippen molar-refractivity contribution in [2.75, 3.05) is 19.6 Å². The van der Waals surface area contributed by atoms with Crippen molar-refractivity contribution in [3.63, 3.8) is 0 Å². The van der Waals surface area contributed by atoms with Crippen molar-refractivity contribution < 1.29 is 14.5 Å². The Bertz CT molecular complexity index is 545. The van der Waals surface area contributed by atoms with Gasteiger partial charge in [-0.3, -0.25) is 19.7 Å². The monoisotopic (exact) mass is 307 g/mol. The second kappa shape index (κ2) is 8.76. The summed E-state index contributed by atoms with van der Waals surface area (Å²) in [6, 6.07) is 5.41. The van der Waals surface area contributed by atoms with Gasteiger partial charge in [0.1, 0.15) is 0 Å². The van der Waals surface area contributed by atoms with Gasteiger partial charge in [-0.1, -0.05) is 19.4 Å². The maximum atomic E-state index is 12.0. The van der Waals surface area contributed by atoms with E-state index in [-0.39, 0.29) is 23.7 Å². The Kier molecular flexibility index (Phi) is 7.01. The number of rotatable bonds is 8. The first-order valence-corrected chi connectivity index (χ1v) is 7.30. The number of nitro benzene ring substituents is 1. The van der Waals surface area contributed by atoms with Crippen molar-refractivity contribution in [1.29, 1.82) is 0 Å². The third-order valence-corrected chi connectivity index (χ3v) is 3.24. The van der Waals surface area contributed by atoms with E-state index in [9.17, 15) is 19.7 Å². The molecule has 7 nitrogen and oxygen atoms in total. The molecular weight excluding hydrogens is 286 g/mol. The Morgan fingerprint density at radius 3 is 2.64 bits per heavy atom. The molecule has 120 valence electrons. The summed E-state index contributed by atoms with van der Waals surface area (Å²) < 4.78 is 0. The van der Waals surface area contributed by atoms with E-state index in [0.717, 1.165) is 12.8 Å². The fraction of sp³-hybridized carbons (Fsp3) is 0.467. The molecule has 0 bridgehead atoms. The third kappa shape index (κ3) is 5.16. The standard InChI is InChI=1S/C15H21N3O4/c1-3-5-9-17(4-2)14(19)11-16-15(20)12-7-6-8-13(10-12)18(21)22/h6-8,10H,3-5,9,11H2,1-2H3,(H,16,20). The smallest absolute Gasteiger partial charge is 0.270 e. The summed E-state index contributed by atoms with van der Waals surface area (Å²) in [5.41, 5.74) is 0.00992. The van der Waals surface area contributed by atoms with Crippen molar-refractivity contribution in [1.82, 2.24) is 10.2 Å². The molecule has 0 spiro atoms. The zero-order valence-corrected chi connectivity index (χ0v) is 12.9. The number of unbranched alkanes of at least 4 members (excludes halogenated alkanes) is 1. The minimum absolute atomic E-state index is 0.112. The average Bonchev–Trinajstić information content (AvgIpc) is 2.53. The van der Waals surface area contributed by atoms with E-state index in [1.165, 1.54) is 24.3 Å². The Morgan fingerprint density at radius 2 is 2.05 bits per heavy atom. The van der Waals surface area contributed by atoms with Crippen molar-refractivity contribution in [2.45, 2.75) is 26.7 Å². The molecular formula is C15H21N3O4. The van der Waals surface area contributed by atoms with Crippen molar-refractivity contribution in [3.8, 4) is 0 Å². The number of hydrogen-bond acceptors (Lipinski definition) is 4. The number of likely N-dealkylation sites (N-methyl/N-ethyl adjacent to an activating group) is 1. The lowest BCUT2D eigenvalue weighted by atomic mass is 10.2. The maximum Gasteiger partial charge on any atom is 0.270 e. The Balaban J connectivity index is 2.60. The molecule has 0 radical (unpaired) electrons. The lowest BCUT2D eigenvalue weighted by Crippen LogP contribution is -2.40. The number of carbonyl (C=O) groups is 2. The summed E-state index contributed by atoms with van der Waals surface area (Å²) in [7, 11) is 0. The molecule has 0 aliphatic rings. The van der Waals surface area contributed by atoms with Crippen LogP contribution >= 0.6 is 0 Å². The molecule has 0 atom stereocenters. The topological polar surface area (TPSA) is 92.6 Å². The number of amides is 2. The van der Waals surface area contributed by atoms with Crippen LogP contribution in [0, 0.1) is 10.1 Å². The van der Waals surface area contributed by atoms with Gasteiger partial charge in [-0.15, -0.1) is 0 Å². The lowest BCUT2D eigenvalue weighted by molar-refractivity contribution is -0.384. The summed E-state index contributed by atoms with van der Waals surface area (Å²) in [6.45, 7) is 5.07. The Morgan fingerprint density at radius 1 is 1.32 bits per heavy atom. The molecule has 0 unspecified atom stereocenters. The molecule has 1 aromatic carbocycles. The molecule has 0 fully saturated rings. The molecule has 0 saturated carbocycles. The van der Waals surface area contributed by atoms with Crippen molar-refractivity contribution in [3.05, 3.63) is 39.9 Å². The molecule has 7 heteroatoms. The minimum Gasteiger partial charge on any atom is -0.343 e. The molecule has 1 rings (SSSR count). The van der Waals surface area contributed by atoms with Crippen LogP contribution in [0.4, 0.5) is 5.69 Å². The highest BCUT2D eigenvalue weighted by molar-refractivity contribution is 5.96. The number of hydrogen-bond donors (Lipinski definition) is 1. The summed E-state index contributed by atoms with van der Waals surface area (Å²) in [5.74, 6) is -0.654. The molecule has 22 heavy (non-hydrogen) atoms. The van der Waals surface area contributed by atoms with Gasteiger partial charge in [-0.05, 0) is 19.4 Å². The fourth-order valence-corrected chi connectivity index (χ4v) is 1.94. The van der Waals surface area contributed by atoms with Gasteiger partial charge >= 0.3 is 0 Å². The van der Waals surface area contributed by atoms with Gasteiger partial charge in [0.25, 0.3) is 11.6 Å². The molecule has 1 N–H and O–H groups in total. The predicted molar refractivity (Wildman–Crippen MR) is 82.6 cm³/mol. The van der Waals surface area contributed by atoms with Crippen molar-refractivity contribution >= 4 is 17.5 Å². The first kappa shape index (κ1) is 17.6. The molecule has 0 aliphatic heterocycles. The van der Waals surface area contributed by atoms with Gasteiger partial charge in [0.05, 0.1) is 11.5 Å². The number of nitro groups is 1. The molecule has 0 aromatic heterocycles. The van der Waals surface area contributed by atoms with Gasteiger partial charge in [-0.25, -0.2) is 0 Å². The van der Waals surface area contributed by atoms with Crippen LogP contribution < -0.4 is 5.32 Å². The van der Waals surface area contributed by atoms with Crippen LogP contribution in [-0.4, -0.2) is 41.3 Å². The van der Waals surface area contributed by atoms with E-state index in [0.29, 0.717) is 13.1 Å². The van der Waals surface area contributed by atoms with Gasteiger partial charge in [0.15, 0.2) is 0 Å². The number of nitrogens with zero attached hydrogens (tertiary/aromatic N) is 2. The van der Waals surface area contributed by atoms with Crippen LogP contribution in [0.25, 0.3) is 0 Å². The number of non-ortho nitro benzene ring substituents is 1. The second-order valence-corrected chi connectivity index (χ2v) is 4.82. The normalized spacial score (nSPS) is 10.1. The van der Waals surface area contributed by atoms with E-state index in [4.69, 9.17) is 0 Å². The zero-order chi connectivity index (χ0) is 16.5. The van der Waals surface area contributed by atoms with Gasteiger partial charge < -0.3 is 10.2 Å². The average molecular weight is 307 g/mol. The van der Waals surface area contributed by atoms with Gasteiger partial charge in [-0.2, -0.15) is 0 Å². The summed E-state index contributed by atoms with van der Waals surface area (Å²) >= 11 is 0. The number of nitrogens with one attached hydrogen (secondary N) is 1. The van der Waals surface area contributed by atoms with E-state index in [2.05, 4.69) is 5.32 Å². The van der Waals surface area contributed by atoms with Crippen molar-refractivity contribution in [2.24, 2.45) is 0 Å². The van der Waals surface area contributed by atoms with Crippen LogP contribution in [-0.2, 0) is 4.79 Å². The van der Waals surface area contributed by atoms with Crippen LogP contribution in [0.5, 0.6) is 0 Å². The van der Waals surface area contributed by atoms with Gasteiger partial charge in [0.2, 0.25) is 5.91 Å². The zero-order valence-electron chi connectivity index (χ0n) is 12.9. The Labute approximate surface area is 129 Å². The quantitative estimate of drug-likeness (QED) is 0.587. The molecule has 2 amide bonds. The fourth-order valence-electron chi connectivity index (χ4n) is 1.94. The summed E-state index contributed by atoms with van der Waals surface area (Å²) in [4.78, 5) is 35.7. The lowest BCUT2D eigenvalue weighted by Gasteiger charge is -2.20. The SMILES string of the molecule is CCCCN(CC)C(=O)CNC(=O)c1cccc([N+](=O)[O-])c1. The van der Waals surface area contributed by atoms with Gasteiger partial charge in [0, 0.05) is 30.8 Å². The molecule has 0 aliphatic carbocycles. The number of benzene rings is 1. The second-order valence-electron chi connectivity index (χ2n) is 4.82. The van der Waals surface area contributed by atoms with E-state index in [1.54, 1.807) is 4.90 Å². The van der Waals surface area contributed by atoms with Crippen LogP contribution in [0.1, 0.15) is 37.0 Å². The first-order valence-electron chi connectivity index (χ1n) is 7.30. The molecule has 0 saturated heterocycles. The van der Waals surface area contributed by atoms with E-state index < -0.39 is 10.8 Å².